The number of hydrogen-bond acceptors (Lipinski definition) is 5. The van der Waals surface area contributed by atoms with Gasteiger partial charge in [0.2, 0.25) is 5.91 Å². The van der Waals surface area contributed by atoms with Crippen LogP contribution in [0.4, 0.5) is 5.82 Å². The summed E-state index contributed by atoms with van der Waals surface area (Å²) < 4.78 is 0. The molecule has 0 aliphatic carbocycles. The highest BCUT2D eigenvalue weighted by Gasteiger charge is 2.43. The predicted molar refractivity (Wildman–Crippen MR) is 109 cm³/mol. The average molecular weight is 394 g/mol. The van der Waals surface area contributed by atoms with Gasteiger partial charge in [0.05, 0.1) is 11.8 Å². The van der Waals surface area contributed by atoms with Gasteiger partial charge < -0.3 is 14.9 Å². The number of rotatable bonds is 5. The van der Waals surface area contributed by atoms with Gasteiger partial charge >= 0.3 is 5.97 Å². The number of carbonyl (C=O) groups excluding carboxylic acids is 1. The highest BCUT2D eigenvalue weighted by molar-refractivity contribution is 5.86. The number of carboxylic acids is 1. The first kappa shape index (κ1) is 19.4. The Morgan fingerprint density at radius 2 is 1.62 bits per heavy atom. The van der Waals surface area contributed by atoms with Crippen molar-refractivity contribution in [3.05, 3.63) is 60.3 Å². The molecule has 1 N–H and O–H groups in total. The molecular weight excluding hydrogens is 368 g/mol. The third-order valence-corrected chi connectivity index (χ3v) is 5.84. The highest BCUT2D eigenvalue weighted by atomic mass is 16.4. The van der Waals surface area contributed by atoms with Crippen LogP contribution in [-0.2, 0) is 16.1 Å². The Labute approximate surface area is 170 Å². The summed E-state index contributed by atoms with van der Waals surface area (Å²) in [4.78, 5) is 35.4. The number of pyridine rings is 1. The minimum Gasteiger partial charge on any atom is -0.481 e. The number of aromatic nitrogens is 1. The van der Waals surface area contributed by atoms with Crippen LogP contribution in [-0.4, -0.2) is 71.0 Å². The maximum atomic E-state index is 13.2. The summed E-state index contributed by atoms with van der Waals surface area (Å²) in [7, 11) is 0. The lowest BCUT2D eigenvalue weighted by Gasteiger charge is -2.37. The zero-order valence-electron chi connectivity index (χ0n) is 16.4. The molecule has 0 bridgehead atoms. The van der Waals surface area contributed by atoms with Crippen molar-refractivity contribution >= 4 is 17.7 Å². The van der Waals surface area contributed by atoms with Crippen LogP contribution < -0.4 is 4.90 Å². The van der Waals surface area contributed by atoms with Crippen molar-refractivity contribution in [2.45, 2.75) is 6.54 Å². The molecule has 4 rings (SSSR count). The van der Waals surface area contributed by atoms with Gasteiger partial charge in [0.15, 0.2) is 0 Å². The minimum atomic E-state index is -0.883. The Kier molecular flexibility index (Phi) is 5.76. The molecule has 3 heterocycles. The Morgan fingerprint density at radius 1 is 0.931 bits per heavy atom. The molecule has 2 aromatic rings. The van der Waals surface area contributed by atoms with Crippen molar-refractivity contribution in [2.24, 2.45) is 11.8 Å². The fraction of sp³-hybridized carbons (Fsp3) is 0.409. The molecule has 1 aromatic heterocycles. The van der Waals surface area contributed by atoms with Gasteiger partial charge in [-0.3, -0.25) is 14.5 Å². The SMILES string of the molecule is O=C(O)C1CN(Cc2ccccc2)CC1C(=O)N1CCN(c2ccccn2)CC1. The van der Waals surface area contributed by atoms with E-state index in [0.29, 0.717) is 45.8 Å². The van der Waals surface area contributed by atoms with Gasteiger partial charge in [0, 0.05) is 52.0 Å². The fourth-order valence-electron chi connectivity index (χ4n) is 4.29. The summed E-state index contributed by atoms with van der Waals surface area (Å²) in [5, 5.41) is 9.69. The van der Waals surface area contributed by atoms with Gasteiger partial charge in [0.1, 0.15) is 5.82 Å². The molecule has 152 valence electrons. The maximum Gasteiger partial charge on any atom is 0.308 e. The van der Waals surface area contributed by atoms with Gasteiger partial charge in [-0.05, 0) is 17.7 Å². The monoisotopic (exact) mass is 394 g/mol. The van der Waals surface area contributed by atoms with Crippen LogP contribution in [0.15, 0.2) is 54.7 Å². The molecule has 2 fully saturated rings. The minimum absolute atomic E-state index is 0.0337. The van der Waals surface area contributed by atoms with E-state index in [4.69, 9.17) is 0 Å². The first-order valence-electron chi connectivity index (χ1n) is 10.1. The van der Waals surface area contributed by atoms with E-state index in [1.54, 1.807) is 6.20 Å². The summed E-state index contributed by atoms with van der Waals surface area (Å²) in [5.41, 5.74) is 1.13. The second-order valence-electron chi connectivity index (χ2n) is 7.73. The van der Waals surface area contributed by atoms with Crippen molar-refractivity contribution in [1.82, 2.24) is 14.8 Å². The van der Waals surface area contributed by atoms with Crippen LogP contribution in [0, 0.1) is 11.8 Å². The second-order valence-corrected chi connectivity index (χ2v) is 7.73. The topological polar surface area (TPSA) is 77.0 Å². The third kappa shape index (κ3) is 4.40. The largest absolute Gasteiger partial charge is 0.481 e. The zero-order valence-corrected chi connectivity index (χ0v) is 16.4. The lowest BCUT2D eigenvalue weighted by molar-refractivity contribution is -0.148. The molecule has 2 unspecified atom stereocenters. The number of carboxylic acid groups (broad SMARTS) is 1. The van der Waals surface area contributed by atoms with Crippen molar-refractivity contribution in [3.8, 4) is 0 Å². The number of anilines is 1. The third-order valence-electron chi connectivity index (χ3n) is 5.84. The number of piperazine rings is 1. The van der Waals surface area contributed by atoms with Gasteiger partial charge in [-0.1, -0.05) is 36.4 Å². The molecule has 1 aromatic carbocycles. The molecule has 1 amide bonds. The van der Waals surface area contributed by atoms with Crippen LogP contribution in [0.5, 0.6) is 0 Å². The summed E-state index contributed by atoms with van der Waals surface area (Å²) in [6, 6.07) is 15.8. The Morgan fingerprint density at radius 3 is 2.28 bits per heavy atom. The average Bonchev–Trinajstić information content (AvgIpc) is 3.19. The van der Waals surface area contributed by atoms with E-state index >= 15 is 0 Å². The molecule has 2 aliphatic rings. The molecule has 7 heteroatoms. The Balaban J connectivity index is 1.38. The van der Waals surface area contributed by atoms with E-state index in [1.165, 1.54) is 0 Å². The summed E-state index contributed by atoms with van der Waals surface area (Å²) in [6.07, 6.45) is 1.77. The van der Waals surface area contributed by atoms with Gasteiger partial charge in [-0.25, -0.2) is 4.98 Å². The van der Waals surface area contributed by atoms with E-state index < -0.39 is 17.8 Å². The van der Waals surface area contributed by atoms with Crippen molar-refractivity contribution in [3.63, 3.8) is 0 Å². The van der Waals surface area contributed by atoms with Crippen LogP contribution in [0.2, 0.25) is 0 Å². The Bertz CT molecular complexity index is 838. The number of benzene rings is 1. The molecule has 0 saturated carbocycles. The molecule has 2 aliphatic heterocycles. The normalized spacial score (nSPS) is 22.6. The highest BCUT2D eigenvalue weighted by Crippen LogP contribution is 2.28. The van der Waals surface area contributed by atoms with E-state index in [-0.39, 0.29) is 5.91 Å². The number of likely N-dealkylation sites (tertiary alicyclic amines) is 1. The fourth-order valence-corrected chi connectivity index (χ4v) is 4.29. The molecular formula is C22H26N4O3. The molecule has 0 radical (unpaired) electrons. The van der Waals surface area contributed by atoms with Crippen LogP contribution >= 0.6 is 0 Å². The van der Waals surface area contributed by atoms with E-state index in [1.807, 2.05) is 53.4 Å². The predicted octanol–water partition coefficient (Wildman–Crippen LogP) is 1.56. The molecule has 0 spiro atoms. The smallest absolute Gasteiger partial charge is 0.308 e. The number of amides is 1. The summed E-state index contributed by atoms with van der Waals surface area (Å²) >= 11 is 0. The number of aliphatic carboxylic acids is 1. The van der Waals surface area contributed by atoms with Gasteiger partial charge in [-0.15, -0.1) is 0 Å². The van der Waals surface area contributed by atoms with Crippen molar-refractivity contribution < 1.29 is 14.7 Å². The van der Waals surface area contributed by atoms with Crippen LogP contribution in [0.3, 0.4) is 0 Å². The van der Waals surface area contributed by atoms with Gasteiger partial charge in [-0.2, -0.15) is 0 Å². The van der Waals surface area contributed by atoms with Crippen molar-refractivity contribution in [2.75, 3.05) is 44.2 Å². The number of nitrogens with zero attached hydrogens (tertiary/aromatic N) is 4. The molecule has 2 saturated heterocycles. The van der Waals surface area contributed by atoms with Crippen molar-refractivity contribution in [1.29, 1.82) is 0 Å². The standard InChI is InChI=1S/C22H26N4O3/c27-21(26-12-10-25(11-13-26)20-8-4-5-9-23-20)18-15-24(16-19(18)22(28)29)14-17-6-2-1-3-7-17/h1-9,18-19H,10-16H2,(H,28,29). The molecule has 29 heavy (non-hydrogen) atoms. The first-order chi connectivity index (χ1) is 14.1. The maximum absolute atomic E-state index is 13.2. The quantitative estimate of drug-likeness (QED) is 0.830. The lowest BCUT2D eigenvalue weighted by Crippen LogP contribution is -2.52. The van der Waals surface area contributed by atoms with E-state index in [2.05, 4.69) is 14.8 Å². The van der Waals surface area contributed by atoms with E-state index in [9.17, 15) is 14.7 Å². The number of carbonyl (C=O) groups is 2. The Hall–Kier alpha value is -2.93. The lowest BCUT2D eigenvalue weighted by atomic mass is 9.94. The molecule has 2 atom stereocenters. The summed E-state index contributed by atoms with van der Waals surface area (Å²) in [6.45, 7) is 4.18. The summed E-state index contributed by atoms with van der Waals surface area (Å²) in [5.74, 6) is -1.14. The first-order valence-corrected chi connectivity index (χ1v) is 10.1. The van der Waals surface area contributed by atoms with Crippen LogP contribution in [0.1, 0.15) is 5.56 Å². The molecule has 7 nitrogen and oxygen atoms in total. The second kappa shape index (κ2) is 8.61. The number of hydrogen-bond donors (Lipinski definition) is 1. The van der Waals surface area contributed by atoms with Gasteiger partial charge in [0.25, 0.3) is 0 Å². The zero-order chi connectivity index (χ0) is 20.2. The van der Waals surface area contributed by atoms with Crippen LogP contribution in [0.25, 0.3) is 0 Å². The van der Waals surface area contributed by atoms with E-state index in [0.717, 1.165) is 11.4 Å².